The summed E-state index contributed by atoms with van der Waals surface area (Å²) in [5.74, 6) is 2.58. The first-order chi connectivity index (χ1) is 15.3. The van der Waals surface area contributed by atoms with Crippen LogP contribution in [0.4, 0.5) is 5.95 Å². The number of benzene rings is 1. The molecule has 1 aliphatic rings. The first-order valence-electron chi connectivity index (χ1n) is 10.8. The number of aliphatic imine (C=N–C) groups is 1. The van der Waals surface area contributed by atoms with E-state index in [9.17, 15) is 4.79 Å². The number of carbonyl (C=O) groups excluding carboxylic acids is 1. The van der Waals surface area contributed by atoms with Crippen LogP contribution in [0.15, 0.2) is 58.7 Å². The van der Waals surface area contributed by atoms with Gasteiger partial charge in [0.15, 0.2) is 5.96 Å². The molecular formula is C22H32IN7OS. The van der Waals surface area contributed by atoms with Gasteiger partial charge in [0.2, 0.25) is 11.9 Å². The lowest BCUT2D eigenvalue weighted by Gasteiger charge is -2.34. The highest BCUT2D eigenvalue weighted by atomic mass is 127. The van der Waals surface area contributed by atoms with E-state index in [1.54, 1.807) is 12.4 Å². The molecule has 32 heavy (non-hydrogen) atoms. The minimum Gasteiger partial charge on any atom is -0.357 e. The molecule has 0 aliphatic carbocycles. The molecular weight excluding hydrogens is 537 g/mol. The van der Waals surface area contributed by atoms with Crippen LogP contribution in [0.25, 0.3) is 0 Å². The summed E-state index contributed by atoms with van der Waals surface area (Å²) in [4.78, 5) is 31.0. The lowest BCUT2D eigenvalue weighted by atomic mass is 10.3. The Labute approximate surface area is 211 Å². The Hall–Kier alpha value is -2.08. The Morgan fingerprint density at radius 2 is 1.78 bits per heavy atom. The van der Waals surface area contributed by atoms with Gasteiger partial charge in [-0.3, -0.25) is 9.79 Å². The standard InChI is InChI=1S/C22H31N7OS.HI/c1-2-23-21(25-13-18-31-19-7-4-3-5-8-19)24-12-9-20(30)28-14-16-29(17-15-28)22-26-10-6-11-27-22;/h3-8,10-11H,2,9,12-18H2,1H3,(H2,23,24,25);1H. The Morgan fingerprint density at radius 3 is 2.47 bits per heavy atom. The van der Waals surface area contributed by atoms with Crippen molar-refractivity contribution < 1.29 is 4.79 Å². The van der Waals surface area contributed by atoms with E-state index < -0.39 is 0 Å². The lowest BCUT2D eigenvalue weighted by molar-refractivity contribution is -0.131. The molecule has 1 fully saturated rings. The molecule has 0 spiro atoms. The number of nitrogens with zero attached hydrogens (tertiary/aromatic N) is 5. The molecule has 0 radical (unpaired) electrons. The second-order valence-electron chi connectivity index (χ2n) is 7.02. The Morgan fingerprint density at radius 1 is 1.06 bits per heavy atom. The van der Waals surface area contributed by atoms with Gasteiger partial charge in [-0.1, -0.05) is 18.2 Å². The predicted octanol–water partition coefficient (Wildman–Crippen LogP) is 2.48. The number of anilines is 1. The molecule has 2 heterocycles. The average Bonchev–Trinajstić information content (AvgIpc) is 2.83. The summed E-state index contributed by atoms with van der Waals surface area (Å²) in [6.07, 6.45) is 3.90. The number of carbonyl (C=O) groups is 1. The molecule has 8 nitrogen and oxygen atoms in total. The number of guanidine groups is 1. The summed E-state index contributed by atoms with van der Waals surface area (Å²) in [6, 6.07) is 12.2. The van der Waals surface area contributed by atoms with Crippen molar-refractivity contribution in [2.75, 3.05) is 56.5 Å². The van der Waals surface area contributed by atoms with E-state index in [0.29, 0.717) is 26.1 Å². The van der Waals surface area contributed by atoms with Crippen molar-refractivity contribution in [1.82, 2.24) is 25.5 Å². The quantitative estimate of drug-likeness (QED) is 0.158. The van der Waals surface area contributed by atoms with Crippen LogP contribution in [0, 0.1) is 0 Å². The lowest BCUT2D eigenvalue weighted by Crippen LogP contribution is -2.49. The van der Waals surface area contributed by atoms with E-state index in [4.69, 9.17) is 0 Å². The number of amides is 1. The average molecular weight is 570 g/mol. The summed E-state index contributed by atoms with van der Waals surface area (Å²) >= 11 is 1.81. The fraction of sp³-hybridized carbons (Fsp3) is 0.455. The maximum absolute atomic E-state index is 12.6. The molecule has 1 amide bonds. The Kier molecular flexibility index (Phi) is 12.2. The van der Waals surface area contributed by atoms with Crippen molar-refractivity contribution >= 4 is 53.6 Å². The number of hydrogen-bond acceptors (Lipinski definition) is 6. The van der Waals surface area contributed by atoms with Crippen molar-refractivity contribution in [2.24, 2.45) is 4.99 Å². The first-order valence-corrected chi connectivity index (χ1v) is 11.7. The third kappa shape index (κ3) is 8.81. The van der Waals surface area contributed by atoms with Crippen molar-refractivity contribution in [2.45, 2.75) is 18.2 Å². The van der Waals surface area contributed by atoms with Crippen LogP contribution in [0.1, 0.15) is 13.3 Å². The molecule has 1 aromatic heterocycles. The SMILES string of the molecule is CCNC(=NCCC(=O)N1CCN(c2ncccn2)CC1)NCCSc1ccccc1.I. The van der Waals surface area contributed by atoms with Crippen molar-refractivity contribution in [3.8, 4) is 0 Å². The third-order valence-electron chi connectivity index (χ3n) is 4.81. The second kappa shape index (κ2) is 14.9. The predicted molar refractivity (Wildman–Crippen MR) is 142 cm³/mol. The number of rotatable bonds is 9. The van der Waals surface area contributed by atoms with E-state index in [-0.39, 0.29) is 29.9 Å². The smallest absolute Gasteiger partial charge is 0.225 e. The second-order valence-corrected chi connectivity index (χ2v) is 8.18. The van der Waals surface area contributed by atoms with E-state index in [1.165, 1.54) is 4.90 Å². The van der Waals surface area contributed by atoms with Crippen LogP contribution in [-0.2, 0) is 4.79 Å². The van der Waals surface area contributed by atoms with Gasteiger partial charge in [0.25, 0.3) is 0 Å². The minimum atomic E-state index is 0. The van der Waals surface area contributed by atoms with Crippen LogP contribution in [0.3, 0.4) is 0 Å². The van der Waals surface area contributed by atoms with Gasteiger partial charge in [0.1, 0.15) is 0 Å². The number of nitrogens with one attached hydrogen (secondary N) is 2. The van der Waals surface area contributed by atoms with E-state index in [1.807, 2.05) is 47.9 Å². The number of hydrogen-bond donors (Lipinski definition) is 2. The van der Waals surface area contributed by atoms with Gasteiger partial charge < -0.3 is 20.4 Å². The van der Waals surface area contributed by atoms with Gasteiger partial charge >= 0.3 is 0 Å². The van der Waals surface area contributed by atoms with Crippen LogP contribution < -0.4 is 15.5 Å². The molecule has 2 N–H and O–H groups in total. The van der Waals surface area contributed by atoms with E-state index >= 15 is 0 Å². The van der Waals surface area contributed by atoms with Gasteiger partial charge in [0, 0.05) is 68.7 Å². The molecule has 1 aliphatic heterocycles. The maximum atomic E-state index is 12.6. The highest BCUT2D eigenvalue weighted by molar-refractivity contribution is 14.0. The molecule has 0 atom stereocenters. The summed E-state index contributed by atoms with van der Waals surface area (Å²) in [5, 5.41) is 6.58. The number of aromatic nitrogens is 2. The number of halogens is 1. The van der Waals surface area contributed by atoms with Gasteiger partial charge in [-0.25, -0.2) is 9.97 Å². The topological polar surface area (TPSA) is 85.8 Å². The molecule has 3 rings (SSSR count). The molecule has 174 valence electrons. The fourth-order valence-electron chi connectivity index (χ4n) is 3.23. The van der Waals surface area contributed by atoms with E-state index in [0.717, 1.165) is 43.8 Å². The number of thioether (sulfide) groups is 1. The Bertz CT molecular complexity index is 818. The molecule has 1 aromatic carbocycles. The monoisotopic (exact) mass is 569 g/mol. The van der Waals surface area contributed by atoms with Gasteiger partial charge in [0.05, 0.1) is 6.54 Å². The highest BCUT2D eigenvalue weighted by Crippen LogP contribution is 2.15. The summed E-state index contributed by atoms with van der Waals surface area (Å²) in [6.45, 7) is 6.99. The van der Waals surface area contributed by atoms with Gasteiger partial charge in [-0.05, 0) is 25.1 Å². The van der Waals surface area contributed by atoms with Crippen molar-refractivity contribution in [1.29, 1.82) is 0 Å². The molecule has 10 heteroatoms. The zero-order chi connectivity index (χ0) is 21.7. The highest BCUT2D eigenvalue weighted by Gasteiger charge is 2.21. The van der Waals surface area contributed by atoms with Gasteiger partial charge in [-0.2, -0.15) is 0 Å². The third-order valence-corrected chi connectivity index (χ3v) is 5.83. The van der Waals surface area contributed by atoms with Crippen LogP contribution in [-0.4, -0.2) is 78.3 Å². The zero-order valence-corrected chi connectivity index (χ0v) is 21.6. The first kappa shape index (κ1) is 26.2. The molecule has 2 aromatic rings. The molecule has 0 unspecified atom stereocenters. The molecule has 0 saturated carbocycles. The van der Waals surface area contributed by atoms with Crippen molar-refractivity contribution in [3.05, 3.63) is 48.8 Å². The Balaban J connectivity index is 0.00000363. The maximum Gasteiger partial charge on any atom is 0.225 e. The normalized spacial score (nSPS) is 14.0. The number of piperazine rings is 1. The minimum absolute atomic E-state index is 0. The van der Waals surface area contributed by atoms with Crippen LogP contribution >= 0.6 is 35.7 Å². The summed E-state index contributed by atoms with van der Waals surface area (Å²) in [7, 11) is 0. The fourth-order valence-corrected chi connectivity index (χ4v) is 4.02. The molecule has 1 saturated heterocycles. The van der Waals surface area contributed by atoms with Crippen molar-refractivity contribution in [3.63, 3.8) is 0 Å². The van der Waals surface area contributed by atoms with Gasteiger partial charge in [-0.15, -0.1) is 35.7 Å². The summed E-state index contributed by atoms with van der Waals surface area (Å²) < 4.78 is 0. The van der Waals surface area contributed by atoms with Crippen LogP contribution in [0.5, 0.6) is 0 Å². The zero-order valence-electron chi connectivity index (χ0n) is 18.4. The largest absolute Gasteiger partial charge is 0.357 e. The summed E-state index contributed by atoms with van der Waals surface area (Å²) in [5.41, 5.74) is 0. The molecule has 0 bridgehead atoms. The van der Waals surface area contributed by atoms with Crippen LogP contribution in [0.2, 0.25) is 0 Å². The van der Waals surface area contributed by atoms with E-state index in [2.05, 4.69) is 42.6 Å².